The van der Waals surface area contributed by atoms with Crippen molar-refractivity contribution < 1.29 is 9.53 Å². The van der Waals surface area contributed by atoms with E-state index in [1.54, 1.807) is 0 Å². The topological polar surface area (TPSA) is 38.3 Å². The maximum atomic E-state index is 11.9. The third-order valence-corrected chi connectivity index (χ3v) is 4.84. The van der Waals surface area contributed by atoms with Gasteiger partial charge in [-0.25, -0.2) is 0 Å². The van der Waals surface area contributed by atoms with Gasteiger partial charge in [0, 0.05) is 5.54 Å². The number of carbonyl (C=O) groups is 1. The molecule has 0 unspecified atom stereocenters. The Hall–Kier alpha value is -0.570. The van der Waals surface area contributed by atoms with Crippen molar-refractivity contribution >= 4 is 5.97 Å². The fraction of sp³-hybridized carbons (Fsp3) is 0.933. The lowest BCUT2D eigenvalue weighted by Crippen LogP contribution is -2.46. The Morgan fingerprint density at radius 2 is 1.94 bits per heavy atom. The van der Waals surface area contributed by atoms with Gasteiger partial charge in [-0.2, -0.15) is 0 Å². The van der Waals surface area contributed by atoms with Crippen LogP contribution in [-0.4, -0.2) is 25.2 Å². The van der Waals surface area contributed by atoms with Crippen LogP contribution in [0.1, 0.15) is 64.2 Å². The average molecular weight is 253 g/mol. The molecule has 0 aliphatic heterocycles. The Bertz CT molecular complexity index is 268. The predicted molar refractivity (Wildman–Crippen MR) is 72.4 cm³/mol. The molecule has 2 saturated carbocycles. The van der Waals surface area contributed by atoms with Crippen molar-refractivity contribution in [1.82, 2.24) is 5.32 Å². The zero-order valence-electron chi connectivity index (χ0n) is 11.7. The van der Waals surface area contributed by atoms with Gasteiger partial charge in [-0.3, -0.25) is 4.79 Å². The fourth-order valence-electron chi connectivity index (χ4n) is 3.19. The zero-order valence-corrected chi connectivity index (χ0v) is 11.7. The van der Waals surface area contributed by atoms with E-state index in [1.807, 2.05) is 7.05 Å². The first-order valence-corrected chi connectivity index (χ1v) is 7.59. The number of rotatable bonds is 6. The number of nitrogens with one attached hydrogen (secondary N) is 1. The minimum Gasteiger partial charge on any atom is -0.466 e. The van der Waals surface area contributed by atoms with E-state index in [1.165, 1.54) is 38.5 Å². The van der Waals surface area contributed by atoms with Crippen LogP contribution in [0.5, 0.6) is 0 Å². The van der Waals surface area contributed by atoms with Crippen LogP contribution in [0.4, 0.5) is 0 Å². The summed E-state index contributed by atoms with van der Waals surface area (Å²) < 4.78 is 5.40. The van der Waals surface area contributed by atoms with Crippen molar-refractivity contribution in [2.24, 2.45) is 5.92 Å². The van der Waals surface area contributed by atoms with Crippen molar-refractivity contribution in [2.45, 2.75) is 69.7 Å². The Kier molecular flexibility index (Phi) is 5.04. The molecule has 0 bridgehead atoms. The maximum absolute atomic E-state index is 11.9. The summed E-state index contributed by atoms with van der Waals surface area (Å²) in [4.78, 5) is 11.9. The summed E-state index contributed by atoms with van der Waals surface area (Å²) in [6, 6.07) is 0. The van der Waals surface area contributed by atoms with Gasteiger partial charge in [0.1, 0.15) is 0 Å². The van der Waals surface area contributed by atoms with Crippen LogP contribution < -0.4 is 5.32 Å². The molecule has 0 atom stereocenters. The van der Waals surface area contributed by atoms with Crippen LogP contribution in [0.2, 0.25) is 0 Å². The summed E-state index contributed by atoms with van der Waals surface area (Å²) in [6.45, 7) is 0.628. The van der Waals surface area contributed by atoms with E-state index >= 15 is 0 Å². The first-order valence-electron chi connectivity index (χ1n) is 7.59. The van der Waals surface area contributed by atoms with Gasteiger partial charge < -0.3 is 10.1 Å². The Morgan fingerprint density at radius 3 is 2.50 bits per heavy atom. The Morgan fingerprint density at radius 1 is 1.22 bits per heavy atom. The summed E-state index contributed by atoms with van der Waals surface area (Å²) in [5.74, 6) is 0.816. The molecule has 2 fully saturated rings. The van der Waals surface area contributed by atoms with Gasteiger partial charge in [0.2, 0.25) is 0 Å². The molecular formula is C15H27NO2. The highest BCUT2D eigenvalue weighted by atomic mass is 16.5. The molecule has 0 heterocycles. The molecular weight excluding hydrogens is 226 g/mol. The summed E-state index contributed by atoms with van der Waals surface area (Å²) >= 11 is 0. The standard InChI is InChI=1S/C15H27NO2/c1-16-15(9-3-2-4-10-15)12-14(17)18-11-8-13-6-5-7-13/h13,16H,2-12H2,1H3. The second kappa shape index (κ2) is 6.55. The second-order valence-corrected chi connectivity index (χ2v) is 6.07. The lowest BCUT2D eigenvalue weighted by Gasteiger charge is -2.36. The van der Waals surface area contributed by atoms with Crippen LogP contribution in [0, 0.1) is 5.92 Å². The minimum atomic E-state index is -0.00873. The number of hydrogen-bond donors (Lipinski definition) is 1. The van der Waals surface area contributed by atoms with Gasteiger partial charge in [-0.15, -0.1) is 0 Å². The largest absolute Gasteiger partial charge is 0.466 e. The molecule has 0 amide bonds. The predicted octanol–water partition coefficient (Wildman–Crippen LogP) is 3.03. The van der Waals surface area contributed by atoms with Crippen LogP contribution >= 0.6 is 0 Å². The molecule has 0 saturated heterocycles. The minimum absolute atomic E-state index is 0.00873. The molecule has 3 heteroatoms. The lowest BCUT2D eigenvalue weighted by molar-refractivity contribution is -0.146. The zero-order chi connectivity index (χ0) is 12.8. The van der Waals surface area contributed by atoms with Crippen molar-refractivity contribution in [3.8, 4) is 0 Å². The average Bonchev–Trinajstić information content (AvgIpc) is 2.33. The normalized spacial score (nSPS) is 23.4. The molecule has 0 aromatic rings. The van der Waals surface area contributed by atoms with Crippen molar-refractivity contribution in [3.63, 3.8) is 0 Å². The molecule has 0 aromatic carbocycles. The summed E-state index contributed by atoms with van der Waals surface area (Å²) in [5.41, 5.74) is 0.0196. The highest BCUT2D eigenvalue weighted by Gasteiger charge is 2.33. The van der Waals surface area contributed by atoms with Gasteiger partial charge in [0.15, 0.2) is 0 Å². The molecule has 2 aliphatic carbocycles. The first-order chi connectivity index (χ1) is 8.74. The van der Waals surface area contributed by atoms with Crippen LogP contribution in [0.25, 0.3) is 0 Å². The summed E-state index contributed by atoms with van der Waals surface area (Å²) in [7, 11) is 1.98. The molecule has 1 N–H and O–H groups in total. The van der Waals surface area contributed by atoms with Crippen LogP contribution in [-0.2, 0) is 9.53 Å². The van der Waals surface area contributed by atoms with Crippen molar-refractivity contribution in [3.05, 3.63) is 0 Å². The fourth-order valence-corrected chi connectivity index (χ4v) is 3.19. The van der Waals surface area contributed by atoms with E-state index in [0.717, 1.165) is 25.2 Å². The molecule has 0 aromatic heterocycles. The van der Waals surface area contributed by atoms with Crippen LogP contribution in [0.15, 0.2) is 0 Å². The van der Waals surface area contributed by atoms with Gasteiger partial charge in [-0.05, 0) is 32.2 Å². The SMILES string of the molecule is CNC1(CC(=O)OCCC2CCC2)CCCCC1. The third kappa shape index (κ3) is 3.71. The van der Waals surface area contributed by atoms with Crippen molar-refractivity contribution in [1.29, 1.82) is 0 Å². The number of ether oxygens (including phenoxy) is 1. The number of carbonyl (C=O) groups excluding carboxylic acids is 1. The number of esters is 1. The van der Waals surface area contributed by atoms with Crippen LogP contribution in [0.3, 0.4) is 0 Å². The Labute approximate surface area is 111 Å². The number of hydrogen-bond acceptors (Lipinski definition) is 3. The molecule has 3 nitrogen and oxygen atoms in total. The molecule has 0 spiro atoms. The van der Waals surface area contributed by atoms with Gasteiger partial charge in [0.05, 0.1) is 13.0 Å². The first kappa shape index (κ1) is 13.9. The quantitative estimate of drug-likeness (QED) is 0.739. The summed E-state index contributed by atoms with van der Waals surface area (Å²) in [6.07, 6.45) is 11.6. The van der Waals surface area contributed by atoms with E-state index in [-0.39, 0.29) is 11.5 Å². The monoisotopic (exact) mass is 253 g/mol. The second-order valence-electron chi connectivity index (χ2n) is 6.07. The third-order valence-electron chi connectivity index (χ3n) is 4.84. The van der Waals surface area contributed by atoms with Gasteiger partial charge in [-0.1, -0.05) is 38.5 Å². The van der Waals surface area contributed by atoms with Gasteiger partial charge in [0.25, 0.3) is 0 Å². The van der Waals surface area contributed by atoms with E-state index in [2.05, 4.69) is 5.32 Å². The van der Waals surface area contributed by atoms with Gasteiger partial charge >= 0.3 is 5.97 Å². The molecule has 2 aliphatic rings. The molecule has 18 heavy (non-hydrogen) atoms. The van der Waals surface area contributed by atoms with Crippen molar-refractivity contribution in [2.75, 3.05) is 13.7 Å². The highest BCUT2D eigenvalue weighted by molar-refractivity contribution is 5.71. The summed E-state index contributed by atoms with van der Waals surface area (Å²) in [5, 5.41) is 3.37. The maximum Gasteiger partial charge on any atom is 0.307 e. The molecule has 2 rings (SSSR count). The molecule has 104 valence electrons. The van der Waals surface area contributed by atoms with E-state index in [4.69, 9.17) is 4.74 Å². The Balaban J connectivity index is 1.67. The lowest BCUT2D eigenvalue weighted by atomic mass is 9.79. The van der Waals surface area contributed by atoms with E-state index < -0.39 is 0 Å². The molecule has 0 radical (unpaired) electrons. The van der Waals surface area contributed by atoms with E-state index in [0.29, 0.717) is 13.0 Å². The smallest absolute Gasteiger partial charge is 0.307 e. The highest BCUT2D eigenvalue weighted by Crippen LogP contribution is 2.31. The van der Waals surface area contributed by atoms with E-state index in [9.17, 15) is 4.79 Å².